The molecule has 3 nitrogen and oxygen atoms in total. The first-order valence-electron chi connectivity index (χ1n) is 4.68. The van der Waals surface area contributed by atoms with Gasteiger partial charge in [-0.05, 0) is 25.0 Å². The minimum Gasteiger partial charge on any atom is -0.324 e. The van der Waals surface area contributed by atoms with Crippen LogP contribution < -0.4 is 5.32 Å². The van der Waals surface area contributed by atoms with Gasteiger partial charge in [0.25, 0.3) is 0 Å². The average Bonchev–Trinajstić information content (AvgIpc) is 2.06. The molecule has 0 atom stereocenters. The minimum absolute atomic E-state index is 0.0976. The third kappa shape index (κ3) is 2.04. The molecular formula is C10H11ClN2O. The van der Waals surface area contributed by atoms with Gasteiger partial charge in [0.2, 0.25) is 5.91 Å². The number of hydrogen-bond acceptors (Lipinski definition) is 2. The maximum Gasteiger partial charge on any atom is 0.227 e. The van der Waals surface area contributed by atoms with Crippen LogP contribution in [0.3, 0.4) is 0 Å². The lowest BCUT2D eigenvalue weighted by molar-refractivity contribution is -0.122. The summed E-state index contributed by atoms with van der Waals surface area (Å²) < 4.78 is 0. The molecule has 1 saturated carbocycles. The Balaban J connectivity index is 1.96. The Kier molecular flexibility index (Phi) is 2.68. The predicted molar refractivity (Wildman–Crippen MR) is 55.2 cm³/mol. The highest BCUT2D eigenvalue weighted by atomic mass is 35.5. The number of halogens is 1. The number of hydrogen-bond donors (Lipinski definition) is 1. The van der Waals surface area contributed by atoms with Gasteiger partial charge in [-0.2, -0.15) is 0 Å². The molecule has 1 amide bonds. The van der Waals surface area contributed by atoms with Gasteiger partial charge in [0.05, 0.1) is 11.9 Å². The normalized spacial score (nSPS) is 16.1. The van der Waals surface area contributed by atoms with E-state index in [2.05, 4.69) is 10.3 Å². The van der Waals surface area contributed by atoms with Gasteiger partial charge >= 0.3 is 0 Å². The van der Waals surface area contributed by atoms with Crippen LogP contribution in [0.2, 0.25) is 5.15 Å². The van der Waals surface area contributed by atoms with E-state index in [9.17, 15) is 4.79 Å². The minimum atomic E-state index is 0.0976. The van der Waals surface area contributed by atoms with Crippen LogP contribution in [-0.2, 0) is 4.79 Å². The second-order valence-corrected chi connectivity index (χ2v) is 3.87. The van der Waals surface area contributed by atoms with E-state index in [-0.39, 0.29) is 11.8 Å². The lowest BCUT2D eigenvalue weighted by Gasteiger charge is -2.23. The quantitative estimate of drug-likeness (QED) is 0.762. The van der Waals surface area contributed by atoms with E-state index in [0.29, 0.717) is 10.8 Å². The summed E-state index contributed by atoms with van der Waals surface area (Å²) in [4.78, 5) is 15.4. The van der Waals surface area contributed by atoms with Crippen molar-refractivity contribution >= 4 is 23.2 Å². The van der Waals surface area contributed by atoms with Crippen LogP contribution in [0.4, 0.5) is 5.69 Å². The number of aromatic nitrogens is 1. The van der Waals surface area contributed by atoms with Gasteiger partial charge in [-0.25, -0.2) is 4.98 Å². The van der Waals surface area contributed by atoms with E-state index in [1.165, 1.54) is 0 Å². The Hall–Kier alpha value is -1.09. The summed E-state index contributed by atoms with van der Waals surface area (Å²) in [7, 11) is 0. The molecule has 0 spiro atoms. The zero-order chi connectivity index (χ0) is 9.97. The Labute approximate surface area is 87.5 Å². The van der Waals surface area contributed by atoms with Crippen molar-refractivity contribution in [3.8, 4) is 0 Å². The standard InChI is InChI=1S/C10H11ClN2O/c11-9-5-4-8(6-12-9)13-10(14)7-2-1-3-7/h4-7H,1-3H2,(H,13,14). The van der Waals surface area contributed by atoms with Gasteiger partial charge in [-0.15, -0.1) is 0 Å². The second-order valence-electron chi connectivity index (χ2n) is 3.49. The molecule has 1 fully saturated rings. The zero-order valence-electron chi connectivity index (χ0n) is 7.66. The molecule has 0 aromatic carbocycles. The van der Waals surface area contributed by atoms with Gasteiger partial charge in [-0.1, -0.05) is 18.0 Å². The van der Waals surface area contributed by atoms with Gasteiger partial charge < -0.3 is 5.32 Å². The first-order chi connectivity index (χ1) is 6.75. The molecule has 4 heteroatoms. The molecule has 2 rings (SSSR count). The number of pyridine rings is 1. The number of nitrogens with one attached hydrogen (secondary N) is 1. The number of amides is 1. The van der Waals surface area contributed by atoms with Crippen molar-refractivity contribution in [2.24, 2.45) is 5.92 Å². The molecule has 1 aliphatic carbocycles. The van der Waals surface area contributed by atoms with E-state index >= 15 is 0 Å². The van der Waals surface area contributed by atoms with Crippen LogP contribution in [0.1, 0.15) is 19.3 Å². The highest BCUT2D eigenvalue weighted by Crippen LogP contribution is 2.27. The van der Waals surface area contributed by atoms with Gasteiger partial charge in [0.1, 0.15) is 5.15 Å². The molecule has 0 saturated heterocycles. The molecule has 1 heterocycles. The monoisotopic (exact) mass is 210 g/mol. The first-order valence-corrected chi connectivity index (χ1v) is 5.06. The van der Waals surface area contributed by atoms with Gasteiger partial charge in [0, 0.05) is 5.92 Å². The Morgan fingerprint density at radius 2 is 2.29 bits per heavy atom. The van der Waals surface area contributed by atoms with E-state index < -0.39 is 0 Å². The van der Waals surface area contributed by atoms with E-state index in [0.717, 1.165) is 19.3 Å². The van der Waals surface area contributed by atoms with Crippen molar-refractivity contribution in [2.75, 3.05) is 5.32 Å². The molecule has 1 aliphatic rings. The summed E-state index contributed by atoms with van der Waals surface area (Å²) in [5.41, 5.74) is 0.714. The van der Waals surface area contributed by atoms with Crippen LogP contribution in [-0.4, -0.2) is 10.9 Å². The summed E-state index contributed by atoms with van der Waals surface area (Å²) in [5.74, 6) is 0.297. The summed E-state index contributed by atoms with van der Waals surface area (Å²) in [5, 5.41) is 3.25. The molecule has 0 bridgehead atoms. The molecule has 0 aliphatic heterocycles. The maximum atomic E-state index is 11.5. The molecule has 1 aromatic rings. The number of carbonyl (C=O) groups excluding carboxylic acids is 1. The molecule has 0 unspecified atom stereocenters. The molecule has 74 valence electrons. The van der Waals surface area contributed by atoms with Crippen molar-refractivity contribution < 1.29 is 4.79 Å². The van der Waals surface area contributed by atoms with E-state index in [1.807, 2.05) is 0 Å². The first kappa shape index (κ1) is 9.46. The Morgan fingerprint density at radius 1 is 1.50 bits per heavy atom. The summed E-state index contributed by atoms with van der Waals surface area (Å²) in [6.45, 7) is 0. The second kappa shape index (κ2) is 3.96. The molecular weight excluding hydrogens is 200 g/mol. The topological polar surface area (TPSA) is 42.0 Å². The van der Waals surface area contributed by atoms with E-state index in [1.54, 1.807) is 18.3 Å². The third-order valence-corrected chi connectivity index (χ3v) is 2.69. The largest absolute Gasteiger partial charge is 0.324 e. The molecule has 1 aromatic heterocycles. The summed E-state index contributed by atoms with van der Waals surface area (Å²) in [6, 6.07) is 3.42. The number of anilines is 1. The number of rotatable bonds is 2. The van der Waals surface area contributed by atoms with Crippen molar-refractivity contribution in [3.05, 3.63) is 23.5 Å². The number of carbonyl (C=O) groups is 1. The molecule has 14 heavy (non-hydrogen) atoms. The highest BCUT2D eigenvalue weighted by molar-refractivity contribution is 6.29. The number of nitrogens with zero attached hydrogens (tertiary/aromatic N) is 1. The summed E-state index contributed by atoms with van der Waals surface area (Å²) in [6.07, 6.45) is 4.75. The fraction of sp³-hybridized carbons (Fsp3) is 0.400. The van der Waals surface area contributed by atoms with Gasteiger partial charge in [0.15, 0.2) is 0 Å². The van der Waals surface area contributed by atoms with Crippen LogP contribution in [0.15, 0.2) is 18.3 Å². The summed E-state index contributed by atoms with van der Waals surface area (Å²) >= 11 is 5.63. The zero-order valence-corrected chi connectivity index (χ0v) is 8.42. The van der Waals surface area contributed by atoms with Crippen LogP contribution >= 0.6 is 11.6 Å². The van der Waals surface area contributed by atoms with E-state index in [4.69, 9.17) is 11.6 Å². The molecule has 0 radical (unpaired) electrons. The lowest BCUT2D eigenvalue weighted by atomic mass is 9.85. The Bertz CT molecular complexity index is 332. The predicted octanol–water partition coefficient (Wildman–Crippen LogP) is 2.47. The van der Waals surface area contributed by atoms with Crippen LogP contribution in [0.5, 0.6) is 0 Å². The van der Waals surface area contributed by atoms with Crippen LogP contribution in [0, 0.1) is 5.92 Å². The van der Waals surface area contributed by atoms with Crippen LogP contribution in [0.25, 0.3) is 0 Å². The average molecular weight is 211 g/mol. The maximum absolute atomic E-state index is 11.5. The fourth-order valence-corrected chi connectivity index (χ4v) is 1.48. The fourth-order valence-electron chi connectivity index (χ4n) is 1.36. The van der Waals surface area contributed by atoms with Crippen molar-refractivity contribution in [1.82, 2.24) is 4.98 Å². The molecule has 1 N–H and O–H groups in total. The third-order valence-electron chi connectivity index (χ3n) is 2.47. The Morgan fingerprint density at radius 3 is 2.79 bits per heavy atom. The van der Waals surface area contributed by atoms with Crippen molar-refractivity contribution in [2.45, 2.75) is 19.3 Å². The highest BCUT2D eigenvalue weighted by Gasteiger charge is 2.24. The SMILES string of the molecule is O=C(Nc1ccc(Cl)nc1)C1CCC1. The van der Waals surface area contributed by atoms with Crippen molar-refractivity contribution in [1.29, 1.82) is 0 Å². The van der Waals surface area contributed by atoms with Gasteiger partial charge in [-0.3, -0.25) is 4.79 Å². The lowest BCUT2D eigenvalue weighted by Crippen LogP contribution is -2.28. The van der Waals surface area contributed by atoms with Crippen molar-refractivity contribution in [3.63, 3.8) is 0 Å². The smallest absolute Gasteiger partial charge is 0.227 e.